The van der Waals surface area contributed by atoms with E-state index in [1.54, 1.807) is 12.1 Å². The van der Waals surface area contributed by atoms with E-state index in [2.05, 4.69) is 28.9 Å². The van der Waals surface area contributed by atoms with Crippen molar-refractivity contribution < 1.29 is 9.53 Å². The monoisotopic (exact) mass is 237 g/mol. The highest BCUT2D eigenvalue weighted by molar-refractivity contribution is 5.88. The van der Waals surface area contributed by atoms with Crippen LogP contribution in [0.1, 0.15) is 37.2 Å². The third kappa shape index (κ3) is 3.62. The fourth-order valence-electron chi connectivity index (χ4n) is 1.54. The topological polar surface area (TPSA) is 77.2 Å². The Balaban J connectivity index is 2.86. The summed E-state index contributed by atoms with van der Waals surface area (Å²) in [6, 6.07) is 3.47. The standard InChI is InChI=1S/C12H19N3O2/c1-4-5-8(2)14-11-9(13)6-7-10(15-11)12(16)17-3/h6-8H,4-5,13H2,1-3H3,(H,14,15). The van der Waals surface area contributed by atoms with Gasteiger partial charge in [0.1, 0.15) is 5.82 Å². The van der Waals surface area contributed by atoms with Crippen LogP contribution in [0.3, 0.4) is 0 Å². The number of ether oxygens (including phenoxy) is 1. The van der Waals surface area contributed by atoms with Gasteiger partial charge in [-0.25, -0.2) is 9.78 Å². The van der Waals surface area contributed by atoms with Gasteiger partial charge in [-0.1, -0.05) is 13.3 Å². The average molecular weight is 237 g/mol. The number of nitrogen functional groups attached to an aromatic ring is 1. The molecule has 1 rings (SSSR count). The Morgan fingerprint density at radius 2 is 2.29 bits per heavy atom. The van der Waals surface area contributed by atoms with Gasteiger partial charge in [-0.3, -0.25) is 0 Å². The lowest BCUT2D eigenvalue weighted by Crippen LogP contribution is -2.18. The largest absolute Gasteiger partial charge is 0.464 e. The summed E-state index contributed by atoms with van der Waals surface area (Å²) in [6.45, 7) is 4.16. The van der Waals surface area contributed by atoms with Crippen molar-refractivity contribution >= 4 is 17.5 Å². The predicted octanol–water partition coefficient (Wildman–Crippen LogP) is 2.05. The minimum Gasteiger partial charge on any atom is -0.464 e. The highest BCUT2D eigenvalue weighted by Crippen LogP contribution is 2.18. The number of rotatable bonds is 5. The lowest BCUT2D eigenvalue weighted by molar-refractivity contribution is 0.0594. The molecule has 0 fully saturated rings. The molecule has 1 unspecified atom stereocenters. The smallest absolute Gasteiger partial charge is 0.356 e. The molecule has 5 heteroatoms. The summed E-state index contributed by atoms with van der Waals surface area (Å²) >= 11 is 0. The number of aromatic nitrogens is 1. The number of nitrogens with zero attached hydrogens (tertiary/aromatic N) is 1. The molecule has 1 aromatic rings. The first kappa shape index (κ1) is 13.3. The SMILES string of the molecule is CCCC(C)Nc1nc(C(=O)OC)ccc1N. The fraction of sp³-hybridized carbons (Fsp3) is 0.500. The highest BCUT2D eigenvalue weighted by atomic mass is 16.5. The molecule has 0 bridgehead atoms. The molecule has 0 saturated heterocycles. The molecule has 0 aliphatic rings. The first-order valence-electron chi connectivity index (χ1n) is 5.69. The molecule has 94 valence electrons. The summed E-state index contributed by atoms with van der Waals surface area (Å²) in [5, 5.41) is 3.19. The quantitative estimate of drug-likeness (QED) is 0.766. The van der Waals surface area contributed by atoms with E-state index in [0.717, 1.165) is 12.8 Å². The van der Waals surface area contributed by atoms with Gasteiger partial charge in [0.2, 0.25) is 0 Å². The van der Waals surface area contributed by atoms with Crippen LogP contribution in [0.2, 0.25) is 0 Å². The summed E-state index contributed by atoms with van der Waals surface area (Å²) < 4.78 is 4.61. The molecule has 0 aliphatic heterocycles. The van der Waals surface area contributed by atoms with Crippen LogP contribution < -0.4 is 11.1 Å². The molecular formula is C12H19N3O2. The molecule has 1 aromatic heterocycles. The Kier molecular flexibility index (Phi) is 4.75. The molecule has 1 atom stereocenters. The van der Waals surface area contributed by atoms with Gasteiger partial charge in [0.25, 0.3) is 0 Å². The summed E-state index contributed by atoms with van der Waals surface area (Å²) in [5.74, 6) is 0.0741. The van der Waals surface area contributed by atoms with Crippen molar-refractivity contribution in [1.82, 2.24) is 4.98 Å². The molecule has 1 heterocycles. The molecule has 17 heavy (non-hydrogen) atoms. The van der Waals surface area contributed by atoms with E-state index in [1.807, 2.05) is 0 Å². The summed E-state index contributed by atoms with van der Waals surface area (Å²) in [6.07, 6.45) is 2.09. The van der Waals surface area contributed by atoms with Crippen LogP contribution in [0.25, 0.3) is 0 Å². The number of anilines is 2. The van der Waals surface area contributed by atoms with Crippen LogP contribution >= 0.6 is 0 Å². The zero-order valence-electron chi connectivity index (χ0n) is 10.5. The van der Waals surface area contributed by atoms with Crippen molar-refractivity contribution in [3.05, 3.63) is 17.8 Å². The first-order valence-corrected chi connectivity index (χ1v) is 5.69. The molecule has 0 saturated carbocycles. The second-order valence-corrected chi connectivity index (χ2v) is 3.96. The van der Waals surface area contributed by atoms with Gasteiger partial charge in [-0.2, -0.15) is 0 Å². The zero-order valence-corrected chi connectivity index (χ0v) is 10.5. The van der Waals surface area contributed by atoms with Gasteiger partial charge in [0.15, 0.2) is 5.69 Å². The number of carbonyl (C=O) groups is 1. The van der Waals surface area contributed by atoms with E-state index >= 15 is 0 Å². The van der Waals surface area contributed by atoms with Gasteiger partial charge < -0.3 is 15.8 Å². The van der Waals surface area contributed by atoms with Gasteiger partial charge in [0.05, 0.1) is 12.8 Å². The Bertz CT molecular complexity index is 393. The Morgan fingerprint density at radius 1 is 1.59 bits per heavy atom. The minimum atomic E-state index is -0.462. The van der Waals surface area contributed by atoms with Crippen molar-refractivity contribution in [2.24, 2.45) is 0 Å². The lowest BCUT2D eigenvalue weighted by Gasteiger charge is -2.15. The van der Waals surface area contributed by atoms with Crippen LogP contribution in [0, 0.1) is 0 Å². The number of nitrogens with one attached hydrogen (secondary N) is 1. The molecular weight excluding hydrogens is 218 g/mol. The van der Waals surface area contributed by atoms with Gasteiger partial charge in [-0.05, 0) is 25.5 Å². The van der Waals surface area contributed by atoms with Gasteiger partial charge in [-0.15, -0.1) is 0 Å². The third-order valence-corrected chi connectivity index (χ3v) is 2.43. The van der Waals surface area contributed by atoms with E-state index in [-0.39, 0.29) is 11.7 Å². The number of nitrogens with two attached hydrogens (primary N) is 1. The maximum Gasteiger partial charge on any atom is 0.356 e. The summed E-state index contributed by atoms with van der Waals surface area (Å²) in [5.41, 5.74) is 6.58. The second kappa shape index (κ2) is 6.08. The van der Waals surface area contributed by atoms with Crippen molar-refractivity contribution in [3.63, 3.8) is 0 Å². The molecule has 5 nitrogen and oxygen atoms in total. The Labute approximate surface area is 101 Å². The van der Waals surface area contributed by atoms with Gasteiger partial charge >= 0.3 is 5.97 Å². The highest BCUT2D eigenvalue weighted by Gasteiger charge is 2.11. The van der Waals surface area contributed by atoms with Crippen molar-refractivity contribution in [3.8, 4) is 0 Å². The number of carbonyl (C=O) groups excluding carboxylic acids is 1. The normalized spacial score (nSPS) is 11.9. The van der Waals surface area contributed by atoms with Crippen molar-refractivity contribution in [2.45, 2.75) is 32.7 Å². The molecule has 0 spiro atoms. The zero-order chi connectivity index (χ0) is 12.8. The average Bonchev–Trinajstić information content (AvgIpc) is 2.31. The second-order valence-electron chi connectivity index (χ2n) is 3.96. The van der Waals surface area contributed by atoms with Gasteiger partial charge in [0, 0.05) is 6.04 Å². The first-order chi connectivity index (χ1) is 8.08. The fourth-order valence-corrected chi connectivity index (χ4v) is 1.54. The maximum absolute atomic E-state index is 11.3. The molecule has 0 amide bonds. The summed E-state index contributed by atoms with van der Waals surface area (Å²) in [7, 11) is 1.33. The minimum absolute atomic E-state index is 0.257. The van der Waals surface area contributed by atoms with E-state index in [1.165, 1.54) is 7.11 Å². The predicted molar refractivity (Wildman–Crippen MR) is 68.0 cm³/mol. The number of hydrogen-bond donors (Lipinski definition) is 2. The molecule has 0 radical (unpaired) electrons. The van der Waals surface area contributed by atoms with Crippen LogP contribution in [0.5, 0.6) is 0 Å². The van der Waals surface area contributed by atoms with E-state index in [9.17, 15) is 4.79 Å². The van der Waals surface area contributed by atoms with Crippen LogP contribution in [-0.2, 0) is 4.74 Å². The number of esters is 1. The molecule has 0 aliphatic carbocycles. The van der Waals surface area contributed by atoms with Crippen molar-refractivity contribution in [1.29, 1.82) is 0 Å². The van der Waals surface area contributed by atoms with Crippen LogP contribution in [-0.4, -0.2) is 24.1 Å². The molecule has 3 N–H and O–H groups in total. The van der Waals surface area contributed by atoms with Crippen LogP contribution in [0.15, 0.2) is 12.1 Å². The third-order valence-electron chi connectivity index (χ3n) is 2.43. The summed E-state index contributed by atoms with van der Waals surface area (Å²) in [4.78, 5) is 15.5. The van der Waals surface area contributed by atoms with Crippen LogP contribution in [0.4, 0.5) is 11.5 Å². The lowest BCUT2D eigenvalue weighted by atomic mass is 10.2. The number of methoxy groups -OCH3 is 1. The molecule has 0 aromatic carbocycles. The van der Waals surface area contributed by atoms with E-state index in [0.29, 0.717) is 11.5 Å². The van der Waals surface area contributed by atoms with Crippen molar-refractivity contribution in [2.75, 3.05) is 18.2 Å². The Morgan fingerprint density at radius 3 is 2.88 bits per heavy atom. The Hall–Kier alpha value is -1.78. The maximum atomic E-state index is 11.3. The number of pyridine rings is 1. The van der Waals surface area contributed by atoms with E-state index in [4.69, 9.17) is 5.73 Å². The number of hydrogen-bond acceptors (Lipinski definition) is 5. The van der Waals surface area contributed by atoms with E-state index < -0.39 is 5.97 Å².